The highest BCUT2D eigenvalue weighted by atomic mass is 127. The largest absolute Gasteiger partial charge is 0.351 e. The van der Waals surface area contributed by atoms with E-state index in [9.17, 15) is 0 Å². The number of halogens is 1. The van der Waals surface area contributed by atoms with Gasteiger partial charge in [-0.25, -0.2) is 4.98 Å². The molecule has 2 N–H and O–H groups in total. The van der Waals surface area contributed by atoms with Crippen molar-refractivity contribution < 1.29 is 0 Å². The van der Waals surface area contributed by atoms with Crippen LogP contribution in [0.5, 0.6) is 0 Å². The molecule has 120 valence electrons. The summed E-state index contributed by atoms with van der Waals surface area (Å²) in [6.07, 6.45) is 5.94. The van der Waals surface area contributed by atoms with Crippen molar-refractivity contribution in [3.8, 4) is 11.3 Å². The molecule has 1 aliphatic carbocycles. The highest BCUT2D eigenvalue weighted by molar-refractivity contribution is 14.1. The number of anilines is 3. The van der Waals surface area contributed by atoms with Gasteiger partial charge in [0.2, 0.25) is 5.95 Å². The molecule has 0 bridgehead atoms. The van der Waals surface area contributed by atoms with Crippen molar-refractivity contribution in [2.75, 3.05) is 10.6 Å². The highest BCUT2D eigenvalue weighted by Gasteiger charge is 2.22. The molecule has 1 fully saturated rings. The molecule has 3 aromatic rings. The summed E-state index contributed by atoms with van der Waals surface area (Å²) >= 11 is 2.31. The van der Waals surface area contributed by atoms with E-state index in [1.165, 1.54) is 12.8 Å². The molecule has 1 aliphatic rings. The first-order valence-electron chi connectivity index (χ1n) is 7.85. The van der Waals surface area contributed by atoms with Crippen LogP contribution < -0.4 is 10.6 Å². The quantitative estimate of drug-likeness (QED) is 0.587. The Morgan fingerprint density at radius 3 is 2.67 bits per heavy atom. The van der Waals surface area contributed by atoms with Crippen LogP contribution in [0, 0.1) is 3.57 Å². The number of rotatable bonds is 5. The maximum atomic E-state index is 4.64. The van der Waals surface area contributed by atoms with Crippen LogP contribution >= 0.6 is 22.6 Å². The Kier molecular flexibility index (Phi) is 4.29. The lowest BCUT2D eigenvalue weighted by Gasteiger charge is -2.12. The Labute approximate surface area is 154 Å². The van der Waals surface area contributed by atoms with E-state index in [0.29, 0.717) is 12.0 Å². The van der Waals surface area contributed by atoms with Crippen LogP contribution in [0.4, 0.5) is 17.5 Å². The van der Waals surface area contributed by atoms with Crippen LogP contribution in [0.3, 0.4) is 0 Å². The lowest BCUT2D eigenvalue weighted by molar-refractivity contribution is 1.06. The Hall–Kier alpha value is -2.22. The lowest BCUT2D eigenvalue weighted by Crippen LogP contribution is -2.08. The number of nitrogens with zero attached hydrogens (tertiary/aromatic N) is 3. The van der Waals surface area contributed by atoms with Gasteiger partial charge in [0.15, 0.2) is 0 Å². The van der Waals surface area contributed by atoms with Crippen LogP contribution in [-0.4, -0.2) is 21.0 Å². The average Bonchev–Trinajstić information content (AvgIpc) is 3.42. The molecule has 0 spiro atoms. The van der Waals surface area contributed by atoms with Crippen LogP contribution in [-0.2, 0) is 0 Å². The number of aromatic nitrogens is 3. The predicted octanol–water partition coefficient (Wildman–Crippen LogP) is 4.46. The lowest BCUT2D eigenvalue weighted by atomic mass is 10.2. The van der Waals surface area contributed by atoms with Gasteiger partial charge in [0.05, 0.1) is 11.4 Å². The van der Waals surface area contributed by atoms with Gasteiger partial charge in [-0.2, -0.15) is 4.98 Å². The fourth-order valence-electron chi connectivity index (χ4n) is 2.35. The number of hydrogen-bond donors (Lipinski definition) is 2. The molecule has 0 unspecified atom stereocenters. The zero-order chi connectivity index (χ0) is 16.4. The summed E-state index contributed by atoms with van der Waals surface area (Å²) in [5, 5.41) is 6.78. The van der Waals surface area contributed by atoms with Crippen molar-refractivity contribution >= 4 is 40.0 Å². The third-order valence-electron chi connectivity index (χ3n) is 3.73. The predicted molar refractivity (Wildman–Crippen MR) is 104 cm³/mol. The Morgan fingerprint density at radius 1 is 1.04 bits per heavy atom. The smallest absolute Gasteiger partial charge is 0.225 e. The second-order valence-corrected chi connectivity index (χ2v) is 6.89. The van der Waals surface area contributed by atoms with Gasteiger partial charge in [0.1, 0.15) is 5.82 Å². The van der Waals surface area contributed by atoms with E-state index < -0.39 is 0 Å². The normalized spacial score (nSPS) is 13.5. The Balaban J connectivity index is 1.71. The van der Waals surface area contributed by atoms with Crippen molar-refractivity contribution in [1.29, 1.82) is 0 Å². The van der Waals surface area contributed by atoms with E-state index in [4.69, 9.17) is 0 Å². The molecular formula is C18H16IN5. The minimum absolute atomic E-state index is 0.499. The third-order valence-corrected chi connectivity index (χ3v) is 4.67. The van der Waals surface area contributed by atoms with Crippen LogP contribution in [0.2, 0.25) is 0 Å². The summed E-state index contributed by atoms with van der Waals surface area (Å²) in [6.45, 7) is 0. The van der Waals surface area contributed by atoms with Crippen molar-refractivity contribution in [3.05, 3.63) is 58.4 Å². The van der Waals surface area contributed by atoms with E-state index in [1.807, 2.05) is 42.6 Å². The molecule has 1 saturated carbocycles. The average molecular weight is 429 g/mol. The van der Waals surface area contributed by atoms with Crippen LogP contribution in [0.1, 0.15) is 12.8 Å². The minimum Gasteiger partial charge on any atom is -0.351 e. The van der Waals surface area contributed by atoms with Crippen molar-refractivity contribution in [3.63, 3.8) is 0 Å². The summed E-state index contributed by atoms with van der Waals surface area (Å²) in [5.74, 6) is 1.43. The van der Waals surface area contributed by atoms with Crippen LogP contribution in [0.15, 0.2) is 54.9 Å². The number of benzene rings is 1. The number of hydrogen-bond acceptors (Lipinski definition) is 5. The second-order valence-electron chi connectivity index (χ2n) is 5.73. The molecule has 24 heavy (non-hydrogen) atoms. The van der Waals surface area contributed by atoms with E-state index in [1.54, 1.807) is 6.20 Å². The summed E-state index contributed by atoms with van der Waals surface area (Å²) in [4.78, 5) is 13.5. The molecule has 0 aliphatic heterocycles. The van der Waals surface area contributed by atoms with Crippen molar-refractivity contribution in [2.45, 2.75) is 18.9 Å². The third kappa shape index (κ3) is 3.64. The molecule has 0 atom stereocenters. The summed E-state index contributed by atoms with van der Waals surface area (Å²) in [7, 11) is 0. The molecular weight excluding hydrogens is 413 g/mol. The van der Waals surface area contributed by atoms with Crippen molar-refractivity contribution in [2.24, 2.45) is 0 Å². The monoisotopic (exact) mass is 429 g/mol. The van der Waals surface area contributed by atoms with Gasteiger partial charge in [-0.05, 0) is 59.7 Å². The van der Waals surface area contributed by atoms with Crippen molar-refractivity contribution in [1.82, 2.24) is 15.0 Å². The number of para-hydroxylation sites is 1. The molecule has 4 rings (SSSR count). The maximum Gasteiger partial charge on any atom is 0.225 e. The molecule has 2 heterocycles. The van der Waals surface area contributed by atoms with Gasteiger partial charge in [0.25, 0.3) is 0 Å². The SMILES string of the molecule is Ic1ccccc1Nc1cc(-c2cccnc2)nc(NC2CC2)n1. The Morgan fingerprint density at radius 2 is 1.92 bits per heavy atom. The molecule has 0 saturated heterocycles. The number of pyridine rings is 1. The summed E-state index contributed by atoms with van der Waals surface area (Å²) in [6, 6.07) is 14.5. The zero-order valence-corrected chi connectivity index (χ0v) is 15.1. The van der Waals surface area contributed by atoms with E-state index in [0.717, 1.165) is 26.3 Å². The highest BCUT2D eigenvalue weighted by Crippen LogP contribution is 2.28. The molecule has 6 heteroatoms. The number of nitrogens with one attached hydrogen (secondary N) is 2. The first-order chi connectivity index (χ1) is 11.8. The molecule has 2 aromatic heterocycles. The van der Waals surface area contributed by atoms with Gasteiger partial charge < -0.3 is 10.6 Å². The summed E-state index contributed by atoms with van der Waals surface area (Å²) in [5.41, 5.74) is 2.87. The molecule has 5 nitrogen and oxygen atoms in total. The van der Waals surface area contributed by atoms with E-state index >= 15 is 0 Å². The van der Waals surface area contributed by atoms with E-state index in [2.05, 4.69) is 54.2 Å². The zero-order valence-electron chi connectivity index (χ0n) is 12.9. The second kappa shape index (κ2) is 6.72. The maximum absolute atomic E-state index is 4.64. The van der Waals surface area contributed by atoms with Gasteiger partial charge in [-0.3, -0.25) is 4.98 Å². The first-order valence-corrected chi connectivity index (χ1v) is 8.93. The fourth-order valence-corrected chi connectivity index (χ4v) is 2.87. The van der Waals surface area contributed by atoms with Gasteiger partial charge in [-0.15, -0.1) is 0 Å². The van der Waals surface area contributed by atoms with Gasteiger partial charge in [0, 0.05) is 33.6 Å². The standard InChI is InChI=1S/C18H16IN5/c19-14-5-1-2-6-15(14)22-17-10-16(12-4-3-9-20-11-12)23-18(24-17)21-13-7-8-13/h1-6,9-11,13H,7-8H2,(H2,21,22,23,24). The molecule has 1 aromatic carbocycles. The van der Waals surface area contributed by atoms with Crippen LogP contribution in [0.25, 0.3) is 11.3 Å². The molecule has 0 amide bonds. The van der Waals surface area contributed by atoms with Gasteiger partial charge in [-0.1, -0.05) is 12.1 Å². The molecule has 0 radical (unpaired) electrons. The minimum atomic E-state index is 0.499. The fraction of sp³-hybridized carbons (Fsp3) is 0.167. The summed E-state index contributed by atoms with van der Waals surface area (Å²) < 4.78 is 1.15. The Bertz CT molecular complexity index is 849. The topological polar surface area (TPSA) is 62.7 Å². The van der Waals surface area contributed by atoms with Gasteiger partial charge >= 0.3 is 0 Å². The van der Waals surface area contributed by atoms with E-state index in [-0.39, 0.29) is 0 Å². The first kappa shape index (κ1) is 15.3.